The molecule has 0 unspecified atom stereocenters. The second-order valence-electron chi connectivity index (χ2n) is 8.33. The minimum atomic E-state index is -0.145. The summed E-state index contributed by atoms with van der Waals surface area (Å²) in [4.78, 5) is 31.7. The number of fused-ring (bicyclic) bond motifs is 1. The molecule has 8 heteroatoms. The van der Waals surface area contributed by atoms with Gasteiger partial charge in [0.2, 0.25) is 5.91 Å². The van der Waals surface area contributed by atoms with Crippen LogP contribution < -0.4 is 5.32 Å². The van der Waals surface area contributed by atoms with Crippen molar-refractivity contribution in [2.24, 2.45) is 13.0 Å². The summed E-state index contributed by atoms with van der Waals surface area (Å²) in [6, 6.07) is 17.1. The molecule has 1 aliphatic rings. The van der Waals surface area contributed by atoms with Gasteiger partial charge < -0.3 is 10.2 Å². The fourth-order valence-corrected chi connectivity index (χ4v) is 4.18. The molecule has 0 radical (unpaired) electrons. The maximum Gasteiger partial charge on any atom is 0.253 e. The van der Waals surface area contributed by atoms with E-state index in [1.54, 1.807) is 10.9 Å². The van der Waals surface area contributed by atoms with Gasteiger partial charge in [0.1, 0.15) is 11.5 Å². The highest BCUT2D eigenvalue weighted by Gasteiger charge is 2.28. The molecule has 4 aromatic rings. The van der Waals surface area contributed by atoms with Crippen LogP contribution in [0.2, 0.25) is 0 Å². The highest BCUT2D eigenvalue weighted by atomic mass is 16.2. The number of hydrogen-bond acceptors (Lipinski definition) is 5. The Labute approximate surface area is 191 Å². The maximum atomic E-state index is 12.9. The van der Waals surface area contributed by atoms with Gasteiger partial charge in [-0.05, 0) is 42.5 Å². The van der Waals surface area contributed by atoms with Crippen molar-refractivity contribution in [1.29, 1.82) is 0 Å². The number of carbonyl (C=O) groups excluding carboxylic acids is 2. The third-order valence-electron chi connectivity index (χ3n) is 6.05. The quantitative estimate of drug-likeness (QED) is 0.524. The van der Waals surface area contributed by atoms with Crippen molar-refractivity contribution in [2.45, 2.75) is 12.8 Å². The highest BCUT2D eigenvalue weighted by Crippen LogP contribution is 2.25. The zero-order valence-corrected chi connectivity index (χ0v) is 18.3. The van der Waals surface area contributed by atoms with E-state index in [4.69, 9.17) is 0 Å². The van der Waals surface area contributed by atoms with Gasteiger partial charge in [0, 0.05) is 48.8 Å². The predicted molar refractivity (Wildman–Crippen MR) is 125 cm³/mol. The van der Waals surface area contributed by atoms with E-state index in [-0.39, 0.29) is 17.7 Å². The van der Waals surface area contributed by atoms with Gasteiger partial charge in [0.25, 0.3) is 5.91 Å². The summed E-state index contributed by atoms with van der Waals surface area (Å²) in [6.07, 6.45) is 4.89. The summed E-state index contributed by atoms with van der Waals surface area (Å²) >= 11 is 0. The summed E-state index contributed by atoms with van der Waals surface area (Å²) in [5.41, 5.74) is 2.43. The Morgan fingerprint density at radius 3 is 2.52 bits per heavy atom. The molecule has 0 saturated carbocycles. The van der Waals surface area contributed by atoms with E-state index in [9.17, 15) is 9.59 Å². The fraction of sp³-hybridized carbons (Fsp3) is 0.240. The number of benzene rings is 2. The van der Waals surface area contributed by atoms with Gasteiger partial charge in [0.05, 0.1) is 6.20 Å². The maximum absolute atomic E-state index is 12.9. The lowest BCUT2D eigenvalue weighted by atomic mass is 9.95. The van der Waals surface area contributed by atoms with E-state index < -0.39 is 0 Å². The molecule has 8 nitrogen and oxygen atoms in total. The van der Waals surface area contributed by atoms with Gasteiger partial charge >= 0.3 is 0 Å². The first kappa shape index (κ1) is 20.8. The lowest BCUT2D eigenvalue weighted by Crippen LogP contribution is -2.41. The average molecular weight is 441 g/mol. The Balaban J connectivity index is 1.24. The topological polar surface area (TPSA) is 93.0 Å². The van der Waals surface area contributed by atoms with Crippen LogP contribution in [0, 0.1) is 5.92 Å². The Hall–Kier alpha value is -4.07. The summed E-state index contributed by atoms with van der Waals surface area (Å²) in [6.45, 7) is 1.14. The van der Waals surface area contributed by atoms with Crippen molar-refractivity contribution in [3.63, 3.8) is 0 Å². The Morgan fingerprint density at radius 2 is 1.79 bits per heavy atom. The molecule has 0 spiro atoms. The monoisotopic (exact) mass is 440 g/mol. The number of nitrogens with zero attached hydrogens (tertiary/aromatic N) is 5. The molecule has 2 amide bonds. The van der Waals surface area contributed by atoms with Crippen LogP contribution >= 0.6 is 0 Å². The van der Waals surface area contributed by atoms with Crippen molar-refractivity contribution in [3.8, 4) is 11.3 Å². The number of anilines is 1. The molecular weight excluding hydrogens is 416 g/mol. The normalized spacial score (nSPS) is 14.4. The van der Waals surface area contributed by atoms with Crippen LogP contribution in [0.3, 0.4) is 0 Å². The molecule has 1 fully saturated rings. The number of nitrogens with one attached hydrogen (secondary N) is 1. The molecule has 0 atom stereocenters. The second-order valence-corrected chi connectivity index (χ2v) is 8.33. The molecule has 3 heterocycles. The second kappa shape index (κ2) is 8.82. The highest BCUT2D eigenvalue weighted by molar-refractivity contribution is 5.96. The van der Waals surface area contributed by atoms with Gasteiger partial charge in [-0.2, -0.15) is 0 Å². The third-order valence-corrected chi connectivity index (χ3v) is 6.05. The lowest BCUT2D eigenvalue weighted by molar-refractivity contribution is -0.121. The van der Waals surface area contributed by atoms with E-state index in [0.29, 0.717) is 37.3 Å². The van der Waals surface area contributed by atoms with Gasteiger partial charge in [-0.25, -0.2) is 4.98 Å². The minimum absolute atomic E-state index is 0.0181. The lowest BCUT2D eigenvalue weighted by Gasteiger charge is -2.31. The molecule has 2 aromatic carbocycles. The van der Waals surface area contributed by atoms with Gasteiger partial charge in [-0.3, -0.25) is 14.3 Å². The van der Waals surface area contributed by atoms with E-state index in [1.807, 2.05) is 72.7 Å². The molecule has 0 aliphatic carbocycles. The summed E-state index contributed by atoms with van der Waals surface area (Å²) in [5.74, 6) is 0.336. The van der Waals surface area contributed by atoms with E-state index >= 15 is 0 Å². The molecule has 166 valence electrons. The number of pyridine rings is 1. The van der Waals surface area contributed by atoms with E-state index in [1.165, 1.54) is 0 Å². The summed E-state index contributed by atoms with van der Waals surface area (Å²) in [7, 11) is 1.83. The van der Waals surface area contributed by atoms with Crippen molar-refractivity contribution in [3.05, 3.63) is 72.6 Å². The van der Waals surface area contributed by atoms with Crippen LogP contribution in [0.5, 0.6) is 0 Å². The number of carbonyl (C=O) groups is 2. The van der Waals surface area contributed by atoms with E-state index in [2.05, 4.69) is 20.6 Å². The van der Waals surface area contributed by atoms with Gasteiger partial charge in [-0.1, -0.05) is 35.5 Å². The summed E-state index contributed by atoms with van der Waals surface area (Å²) < 4.78 is 1.66. The van der Waals surface area contributed by atoms with Gasteiger partial charge in [-0.15, -0.1) is 5.10 Å². The zero-order valence-electron chi connectivity index (χ0n) is 18.3. The average Bonchev–Trinajstić information content (AvgIpc) is 3.30. The van der Waals surface area contributed by atoms with Crippen LogP contribution in [0.25, 0.3) is 22.0 Å². The molecule has 33 heavy (non-hydrogen) atoms. The molecule has 5 rings (SSSR count). The number of hydrogen-bond donors (Lipinski definition) is 1. The Kier molecular flexibility index (Phi) is 5.56. The molecular formula is C25H24N6O2. The third kappa shape index (κ3) is 4.45. The van der Waals surface area contributed by atoms with Crippen molar-refractivity contribution < 1.29 is 9.59 Å². The van der Waals surface area contributed by atoms with Crippen LogP contribution in [0.15, 0.2) is 67.0 Å². The van der Waals surface area contributed by atoms with Gasteiger partial charge in [0.15, 0.2) is 0 Å². The number of aromatic nitrogens is 4. The number of rotatable bonds is 4. The Bertz CT molecular complexity index is 1310. The van der Waals surface area contributed by atoms with Crippen LogP contribution in [0.1, 0.15) is 23.2 Å². The largest absolute Gasteiger partial charge is 0.339 e. The number of aryl methyl sites for hydroxylation is 1. The first-order chi connectivity index (χ1) is 16.1. The molecule has 2 aromatic heterocycles. The number of piperidine rings is 1. The van der Waals surface area contributed by atoms with E-state index in [0.717, 1.165) is 22.0 Å². The standard InChI is InChI=1S/C25H24N6O2/c1-30-16-22(28-29-30)19-7-8-20-15-26-23(14-21(20)13-19)27-24(32)17-9-11-31(12-10-17)25(33)18-5-3-2-4-6-18/h2-8,13-17H,9-12H2,1H3,(H,26,27,32). The predicted octanol–water partition coefficient (Wildman–Crippen LogP) is 3.52. The van der Waals surface area contributed by atoms with Crippen LogP contribution in [-0.4, -0.2) is 49.8 Å². The first-order valence-electron chi connectivity index (χ1n) is 11.0. The SMILES string of the molecule is Cn1cc(-c2ccc3cnc(NC(=O)C4CCN(C(=O)c5ccccc5)CC4)cc3c2)nn1. The van der Waals surface area contributed by atoms with Crippen LogP contribution in [0.4, 0.5) is 5.82 Å². The number of likely N-dealkylation sites (tertiary alicyclic amines) is 1. The molecule has 0 bridgehead atoms. The molecule has 1 N–H and O–H groups in total. The first-order valence-corrected chi connectivity index (χ1v) is 11.0. The summed E-state index contributed by atoms with van der Waals surface area (Å²) in [5, 5.41) is 13.1. The smallest absolute Gasteiger partial charge is 0.253 e. The van der Waals surface area contributed by atoms with Crippen molar-refractivity contribution in [2.75, 3.05) is 18.4 Å². The Morgan fingerprint density at radius 1 is 1.00 bits per heavy atom. The van der Waals surface area contributed by atoms with Crippen molar-refractivity contribution >= 4 is 28.4 Å². The fourth-order valence-electron chi connectivity index (χ4n) is 4.18. The van der Waals surface area contributed by atoms with Crippen molar-refractivity contribution in [1.82, 2.24) is 24.9 Å². The minimum Gasteiger partial charge on any atom is -0.339 e. The molecule has 1 saturated heterocycles. The van der Waals surface area contributed by atoms with Crippen LogP contribution in [-0.2, 0) is 11.8 Å². The molecule has 1 aliphatic heterocycles. The number of amides is 2. The zero-order chi connectivity index (χ0) is 22.8.